The normalized spacial score (nSPS) is 11.6. The molecule has 0 radical (unpaired) electrons. The van der Waals surface area contributed by atoms with Crippen LogP contribution in [0.5, 0.6) is 0 Å². The average Bonchev–Trinajstić information content (AvgIpc) is 1.92. The van der Waals surface area contributed by atoms with Gasteiger partial charge in [0.2, 0.25) is 0 Å². The molecule has 1 aromatic carbocycles. The van der Waals surface area contributed by atoms with Crippen molar-refractivity contribution in [2.24, 2.45) is 0 Å². The fourth-order valence-electron chi connectivity index (χ4n) is 0.989. The van der Waals surface area contributed by atoms with Crippen LogP contribution in [0.3, 0.4) is 0 Å². The van der Waals surface area contributed by atoms with E-state index in [1.165, 1.54) is 6.26 Å². The van der Waals surface area contributed by atoms with E-state index in [2.05, 4.69) is 0 Å². The largest absolute Gasteiger partial charge is 0.224 e. The van der Waals surface area contributed by atoms with Crippen molar-refractivity contribution >= 4 is 21.4 Å². The highest BCUT2D eigenvalue weighted by Gasteiger charge is 2.11. The van der Waals surface area contributed by atoms with Gasteiger partial charge in [-0.1, -0.05) is 17.7 Å². The van der Waals surface area contributed by atoms with Crippen LogP contribution in [-0.4, -0.2) is 14.7 Å². The number of benzene rings is 1. The molecule has 0 aliphatic rings. The second-order valence-electron chi connectivity index (χ2n) is 2.64. The number of hydrogen-bond donors (Lipinski definition) is 0. The van der Waals surface area contributed by atoms with Crippen LogP contribution in [0, 0.1) is 6.92 Å². The van der Waals surface area contributed by atoms with E-state index >= 15 is 0 Å². The first kappa shape index (κ1) is 9.55. The quantitative estimate of drug-likeness (QED) is 0.702. The predicted molar refractivity (Wildman–Crippen MR) is 49.3 cm³/mol. The standard InChI is InChI=1S/C8H9ClO2S/c1-6-7(9)4-3-5-8(6)12(2,10)11/h3-5H,1-2H3. The maximum absolute atomic E-state index is 11.1. The minimum Gasteiger partial charge on any atom is -0.224 e. The Morgan fingerprint density at radius 3 is 2.33 bits per heavy atom. The maximum atomic E-state index is 11.1. The molecular formula is C8H9ClO2S. The molecule has 0 aliphatic heterocycles. The first-order chi connectivity index (χ1) is 5.43. The predicted octanol–water partition coefficient (Wildman–Crippen LogP) is 2.05. The lowest BCUT2D eigenvalue weighted by Gasteiger charge is -2.03. The van der Waals surface area contributed by atoms with Crippen LogP contribution in [0.1, 0.15) is 5.56 Å². The summed E-state index contributed by atoms with van der Waals surface area (Å²) in [6, 6.07) is 4.85. The molecule has 1 aromatic rings. The second-order valence-corrected chi connectivity index (χ2v) is 5.03. The molecule has 0 aromatic heterocycles. The zero-order valence-electron chi connectivity index (χ0n) is 6.83. The van der Waals surface area contributed by atoms with E-state index < -0.39 is 9.84 Å². The lowest BCUT2D eigenvalue weighted by molar-refractivity contribution is 0.601. The molecule has 0 unspecified atom stereocenters. The van der Waals surface area contributed by atoms with Gasteiger partial charge in [-0.2, -0.15) is 0 Å². The molecule has 0 fully saturated rings. The molecule has 4 heteroatoms. The molecule has 2 nitrogen and oxygen atoms in total. The Kier molecular flexibility index (Phi) is 2.44. The van der Waals surface area contributed by atoms with Crippen LogP contribution < -0.4 is 0 Å². The first-order valence-electron chi connectivity index (χ1n) is 3.38. The van der Waals surface area contributed by atoms with E-state index in [1.54, 1.807) is 25.1 Å². The number of rotatable bonds is 1. The lowest BCUT2D eigenvalue weighted by atomic mass is 10.2. The molecule has 0 bridgehead atoms. The Labute approximate surface area is 77.1 Å². The van der Waals surface area contributed by atoms with E-state index in [0.29, 0.717) is 15.5 Å². The van der Waals surface area contributed by atoms with Crippen LogP contribution in [0.4, 0.5) is 0 Å². The smallest absolute Gasteiger partial charge is 0.175 e. The molecule has 0 heterocycles. The summed E-state index contributed by atoms with van der Waals surface area (Å²) in [6.07, 6.45) is 1.17. The summed E-state index contributed by atoms with van der Waals surface area (Å²) in [5, 5.41) is 0.484. The van der Waals surface area contributed by atoms with Crippen LogP contribution in [0.25, 0.3) is 0 Å². The lowest BCUT2D eigenvalue weighted by Crippen LogP contribution is -1.99. The third kappa shape index (κ3) is 1.79. The highest BCUT2D eigenvalue weighted by Crippen LogP contribution is 2.22. The van der Waals surface area contributed by atoms with Gasteiger partial charge in [-0.05, 0) is 24.6 Å². The van der Waals surface area contributed by atoms with Crippen molar-refractivity contribution in [2.75, 3.05) is 6.26 Å². The van der Waals surface area contributed by atoms with Crippen LogP contribution in [0.15, 0.2) is 23.1 Å². The minimum atomic E-state index is -3.14. The van der Waals surface area contributed by atoms with Crippen molar-refractivity contribution in [1.82, 2.24) is 0 Å². The van der Waals surface area contributed by atoms with Crippen LogP contribution in [-0.2, 0) is 9.84 Å². The van der Waals surface area contributed by atoms with Crippen molar-refractivity contribution in [3.63, 3.8) is 0 Å². The maximum Gasteiger partial charge on any atom is 0.175 e. The van der Waals surface area contributed by atoms with Crippen molar-refractivity contribution in [1.29, 1.82) is 0 Å². The van der Waals surface area contributed by atoms with Gasteiger partial charge in [-0.3, -0.25) is 0 Å². The van der Waals surface area contributed by atoms with E-state index in [0.717, 1.165) is 0 Å². The first-order valence-corrected chi connectivity index (χ1v) is 5.65. The minimum absolute atomic E-state index is 0.301. The van der Waals surface area contributed by atoms with Gasteiger partial charge in [-0.15, -0.1) is 0 Å². The van der Waals surface area contributed by atoms with Crippen molar-refractivity contribution in [2.45, 2.75) is 11.8 Å². The van der Waals surface area contributed by atoms with Crippen LogP contribution >= 0.6 is 11.6 Å². The monoisotopic (exact) mass is 204 g/mol. The number of sulfone groups is 1. The summed E-state index contributed by atoms with van der Waals surface area (Å²) < 4.78 is 22.3. The van der Waals surface area contributed by atoms with E-state index in [1.807, 2.05) is 0 Å². The Balaban J connectivity index is 3.47. The summed E-state index contributed by atoms with van der Waals surface area (Å²) in [4.78, 5) is 0.301. The fraction of sp³-hybridized carbons (Fsp3) is 0.250. The van der Waals surface area contributed by atoms with Crippen molar-refractivity contribution < 1.29 is 8.42 Å². The molecule has 0 N–H and O–H groups in total. The molecule has 0 atom stereocenters. The average molecular weight is 205 g/mol. The molecular weight excluding hydrogens is 196 g/mol. The molecule has 0 saturated heterocycles. The van der Waals surface area contributed by atoms with Crippen molar-refractivity contribution in [3.8, 4) is 0 Å². The van der Waals surface area contributed by atoms with Gasteiger partial charge >= 0.3 is 0 Å². The summed E-state index contributed by atoms with van der Waals surface area (Å²) in [5.74, 6) is 0. The zero-order valence-corrected chi connectivity index (χ0v) is 8.41. The Morgan fingerprint density at radius 1 is 1.33 bits per heavy atom. The summed E-state index contributed by atoms with van der Waals surface area (Å²) in [6.45, 7) is 1.69. The van der Waals surface area contributed by atoms with Gasteiger partial charge in [0.15, 0.2) is 9.84 Å². The van der Waals surface area contributed by atoms with E-state index in [4.69, 9.17) is 11.6 Å². The molecule has 0 aliphatic carbocycles. The third-order valence-electron chi connectivity index (χ3n) is 1.62. The van der Waals surface area contributed by atoms with Gasteiger partial charge < -0.3 is 0 Å². The molecule has 0 amide bonds. The van der Waals surface area contributed by atoms with Gasteiger partial charge in [0.05, 0.1) is 4.90 Å². The van der Waals surface area contributed by atoms with Crippen LogP contribution in [0.2, 0.25) is 5.02 Å². The Bertz CT molecular complexity index is 396. The topological polar surface area (TPSA) is 34.1 Å². The molecule has 12 heavy (non-hydrogen) atoms. The molecule has 0 saturated carbocycles. The van der Waals surface area contributed by atoms with Gasteiger partial charge in [-0.25, -0.2) is 8.42 Å². The van der Waals surface area contributed by atoms with E-state index in [-0.39, 0.29) is 0 Å². The third-order valence-corrected chi connectivity index (χ3v) is 3.27. The highest BCUT2D eigenvalue weighted by molar-refractivity contribution is 7.90. The summed E-state index contributed by atoms with van der Waals surface area (Å²) in [5.41, 5.74) is 0.613. The highest BCUT2D eigenvalue weighted by atomic mass is 35.5. The number of hydrogen-bond acceptors (Lipinski definition) is 2. The number of halogens is 1. The molecule has 66 valence electrons. The zero-order chi connectivity index (χ0) is 9.35. The van der Waals surface area contributed by atoms with Gasteiger partial charge in [0, 0.05) is 11.3 Å². The molecule has 0 spiro atoms. The summed E-state index contributed by atoms with van der Waals surface area (Å²) in [7, 11) is -3.14. The van der Waals surface area contributed by atoms with Gasteiger partial charge in [0.25, 0.3) is 0 Å². The van der Waals surface area contributed by atoms with Gasteiger partial charge in [0.1, 0.15) is 0 Å². The SMILES string of the molecule is Cc1c(Cl)cccc1S(C)(=O)=O. The Hall–Kier alpha value is -0.540. The summed E-state index contributed by atoms with van der Waals surface area (Å²) >= 11 is 5.76. The second kappa shape index (κ2) is 3.07. The van der Waals surface area contributed by atoms with Crippen molar-refractivity contribution in [3.05, 3.63) is 28.8 Å². The fourth-order valence-corrected chi connectivity index (χ4v) is 2.21. The van der Waals surface area contributed by atoms with E-state index in [9.17, 15) is 8.42 Å². The Morgan fingerprint density at radius 2 is 1.92 bits per heavy atom. The molecule has 1 rings (SSSR count).